The van der Waals surface area contributed by atoms with Crippen LogP contribution in [0.3, 0.4) is 0 Å². The average Bonchev–Trinajstić information content (AvgIpc) is 2.47. The average molecular weight is 271 g/mol. The molecule has 0 bridgehead atoms. The van der Waals surface area contributed by atoms with Crippen molar-refractivity contribution < 1.29 is 4.79 Å². The lowest BCUT2D eigenvalue weighted by Crippen LogP contribution is -2.18. The number of hydrogen-bond acceptors (Lipinski definition) is 5. The van der Waals surface area contributed by atoms with E-state index >= 15 is 0 Å². The molecule has 0 spiro atoms. The summed E-state index contributed by atoms with van der Waals surface area (Å²) in [6.45, 7) is 2.10. The van der Waals surface area contributed by atoms with Crippen LogP contribution in [-0.2, 0) is 6.42 Å². The van der Waals surface area contributed by atoms with Crippen molar-refractivity contribution in [2.75, 3.05) is 11.1 Å². The molecule has 6 nitrogen and oxygen atoms in total. The molecule has 0 aliphatic heterocycles. The van der Waals surface area contributed by atoms with Gasteiger partial charge in [0.25, 0.3) is 5.91 Å². The molecule has 0 atom stereocenters. The van der Waals surface area contributed by atoms with Crippen LogP contribution in [0.25, 0.3) is 0 Å². The first-order valence-corrected chi connectivity index (χ1v) is 6.54. The van der Waals surface area contributed by atoms with E-state index in [9.17, 15) is 4.79 Å². The summed E-state index contributed by atoms with van der Waals surface area (Å²) in [5, 5.41) is 2.65. The van der Waals surface area contributed by atoms with E-state index in [4.69, 9.17) is 5.73 Å². The Kier molecular flexibility index (Phi) is 4.60. The number of anilines is 2. The molecule has 0 aliphatic carbocycles. The van der Waals surface area contributed by atoms with Crippen molar-refractivity contribution in [1.29, 1.82) is 0 Å². The zero-order chi connectivity index (χ0) is 14.4. The van der Waals surface area contributed by atoms with Crippen LogP contribution in [0.1, 0.15) is 35.9 Å². The predicted molar refractivity (Wildman–Crippen MR) is 77.2 cm³/mol. The zero-order valence-electron chi connectivity index (χ0n) is 11.3. The Morgan fingerprint density at radius 2 is 2.20 bits per heavy atom. The van der Waals surface area contributed by atoms with Gasteiger partial charge in [0.1, 0.15) is 5.82 Å². The number of carbonyl (C=O) groups is 1. The number of aromatic nitrogens is 3. The van der Waals surface area contributed by atoms with Crippen LogP contribution >= 0.6 is 0 Å². The summed E-state index contributed by atoms with van der Waals surface area (Å²) in [7, 11) is 0. The highest BCUT2D eigenvalue weighted by atomic mass is 16.2. The lowest BCUT2D eigenvalue weighted by molar-refractivity contribution is 0.102. The van der Waals surface area contributed by atoms with Gasteiger partial charge in [-0.2, -0.15) is 0 Å². The topological polar surface area (TPSA) is 93.8 Å². The smallest absolute Gasteiger partial charge is 0.279 e. The van der Waals surface area contributed by atoms with Gasteiger partial charge >= 0.3 is 0 Å². The van der Waals surface area contributed by atoms with Gasteiger partial charge < -0.3 is 11.1 Å². The standard InChI is InChI=1S/C14H17N5O/c1-2-3-6-10-9-17-13(15)12(18-10)14(20)19-11-7-4-5-8-16-11/h4-5,7-9H,2-3,6H2,1H3,(H2,15,17)(H,16,19,20). The maximum Gasteiger partial charge on any atom is 0.279 e. The number of nitrogens with zero attached hydrogens (tertiary/aromatic N) is 3. The van der Waals surface area contributed by atoms with E-state index in [0.29, 0.717) is 5.82 Å². The summed E-state index contributed by atoms with van der Waals surface area (Å²) in [5.74, 6) is 0.184. The molecular formula is C14H17N5O. The van der Waals surface area contributed by atoms with Crippen LogP contribution in [0.4, 0.5) is 11.6 Å². The predicted octanol–water partition coefficient (Wildman–Crippen LogP) is 2.05. The second-order valence-electron chi connectivity index (χ2n) is 4.37. The fraction of sp³-hybridized carbons (Fsp3) is 0.286. The molecule has 20 heavy (non-hydrogen) atoms. The summed E-state index contributed by atoms with van der Waals surface area (Å²) in [5.41, 5.74) is 6.63. The molecule has 2 aromatic heterocycles. The molecule has 0 saturated carbocycles. The highest BCUT2D eigenvalue weighted by Crippen LogP contribution is 2.11. The molecule has 1 amide bonds. The van der Waals surface area contributed by atoms with Crippen molar-refractivity contribution >= 4 is 17.5 Å². The highest BCUT2D eigenvalue weighted by molar-refractivity contribution is 6.05. The van der Waals surface area contributed by atoms with Gasteiger partial charge in [-0.1, -0.05) is 19.4 Å². The Bertz CT molecular complexity index is 585. The number of carbonyl (C=O) groups excluding carboxylic acids is 1. The van der Waals surface area contributed by atoms with Crippen LogP contribution in [0.5, 0.6) is 0 Å². The number of nitrogens with two attached hydrogens (primary N) is 1. The van der Waals surface area contributed by atoms with E-state index in [1.807, 2.05) is 0 Å². The summed E-state index contributed by atoms with van der Waals surface area (Å²) in [6, 6.07) is 5.26. The van der Waals surface area contributed by atoms with Crippen LogP contribution in [0.15, 0.2) is 30.6 Å². The first kappa shape index (κ1) is 13.9. The molecule has 0 saturated heterocycles. The SMILES string of the molecule is CCCCc1cnc(N)c(C(=O)Nc2ccccn2)n1. The fourth-order valence-electron chi connectivity index (χ4n) is 1.69. The molecular weight excluding hydrogens is 254 g/mol. The molecule has 0 radical (unpaired) electrons. The Hall–Kier alpha value is -2.50. The van der Waals surface area contributed by atoms with Gasteiger partial charge in [-0.05, 0) is 25.0 Å². The Morgan fingerprint density at radius 1 is 1.35 bits per heavy atom. The summed E-state index contributed by atoms with van der Waals surface area (Å²) in [4.78, 5) is 24.5. The first-order valence-electron chi connectivity index (χ1n) is 6.54. The quantitative estimate of drug-likeness (QED) is 0.868. The molecule has 0 unspecified atom stereocenters. The van der Waals surface area contributed by atoms with E-state index in [1.54, 1.807) is 30.6 Å². The summed E-state index contributed by atoms with van der Waals surface area (Å²) in [6.07, 6.45) is 6.06. The van der Waals surface area contributed by atoms with Crippen molar-refractivity contribution in [1.82, 2.24) is 15.0 Å². The third-order valence-corrected chi connectivity index (χ3v) is 2.76. The van der Waals surface area contributed by atoms with Crippen LogP contribution in [-0.4, -0.2) is 20.9 Å². The molecule has 3 N–H and O–H groups in total. The Morgan fingerprint density at radius 3 is 2.90 bits per heavy atom. The molecule has 0 fully saturated rings. The molecule has 2 heterocycles. The van der Waals surface area contributed by atoms with Crippen LogP contribution < -0.4 is 11.1 Å². The molecule has 0 aliphatic rings. The van der Waals surface area contributed by atoms with Gasteiger partial charge in [-0.3, -0.25) is 4.79 Å². The number of hydrogen-bond donors (Lipinski definition) is 2. The van der Waals surface area contributed by atoms with Gasteiger partial charge in [0.2, 0.25) is 0 Å². The van der Waals surface area contributed by atoms with Crippen molar-refractivity contribution in [3.05, 3.63) is 42.0 Å². The lowest BCUT2D eigenvalue weighted by atomic mass is 10.2. The molecule has 2 aromatic rings. The number of pyridine rings is 1. The van der Waals surface area contributed by atoms with E-state index in [2.05, 4.69) is 27.2 Å². The second kappa shape index (κ2) is 6.60. The Balaban J connectivity index is 2.16. The number of unbranched alkanes of at least 4 members (excludes halogenated alkanes) is 1. The monoisotopic (exact) mass is 271 g/mol. The first-order chi connectivity index (χ1) is 9.70. The normalized spacial score (nSPS) is 10.2. The molecule has 6 heteroatoms. The van der Waals surface area contributed by atoms with Gasteiger partial charge in [-0.25, -0.2) is 15.0 Å². The number of nitrogens with one attached hydrogen (secondary N) is 1. The third kappa shape index (κ3) is 3.50. The van der Waals surface area contributed by atoms with Crippen LogP contribution in [0, 0.1) is 0 Å². The summed E-state index contributed by atoms with van der Waals surface area (Å²) < 4.78 is 0. The van der Waals surface area contributed by atoms with Crippen molar-refractivity contribution in [2.24, 2.45) is 0 Å². The largest absolute Gasteiger partial charge is 0.382 e. The minimum Gasteiger partial charge on any atom is -0.382 e. The fourth-order valence-corrected chi connectivity index (χ4v) is 1.69. The van der Waals surface area contributed by atoms with E-state index in [-0.39, 0.29) is 11.5 Å². The van der Waals surface area contributed by atoms with Crippen molar-refractivity contribution in [2.45, 2.75) is 26.2 Å². The minimum absolute atomic E-state index is 0.124. The van der Waals surface area contributed by atoms with E-state index in [1.165, 1.54) is 0 Å². The maximum atomic E-state index is 12.1. The van der Waals surface area contributed by atoms with Gasteiger partial charge in [0.05, 0.1) is 11.9 Å². The maximum absolute atomic E-state index is 12.1. The number of aryl methyl sites for hydroxylation is 1. The van der Waals surface area contributed by atoms with E-state index < -0.39 is 5.91 Å². The minimum atomic E-state index is -0.396. The second-order valence-corrected chi connectivity index (χ2v) is 4.37. The number of nitrogen functional groups attached to an aromatic ring is 1. The van der Waals surface area contributed by atoms with Crippen LogP contribution in [0.2, 0.25) is 0 Å². The Labute approximate surface area is 117 Å². The molecule has 2 rings (SSSR count). The van der Waals surface area contributed by atoms with Crippen molar-refractivity contribution in [3.8, 4) is 0 Å². The number of rotatable bonds is 5. The lowest BCUT2D eigenvalue weighted by Gasteiger charge is -2.07. The summed E-state index contributed by atoms with van der Waals surface area (Å²) >= 11 is 0. The van der Waals surface area contributed by atoms with Gasteiger partial charge in [-0.15, -0.1) is 0 Å². The van der Waals surface area contributed by atoms with Crippen molar-refractivity contribution in [3.63, 3.8) is 0 Å². The van der Waals surface area contributed by atoms with E-state index in [0.717, 1.165) is 25.0 Å². The third-order valence-electron chi connectivity index (χ3n) is 2.76. The zero-order valence-corrected chi connectivity index (χ0v) is 11.3. The van der Waals surface area contributed by atoms with Gasteiger partial charge in [0.15, 0.2) is 11.5 Å². The molecule has 104 valence electrons. The highest BCUT2D eigenvalue weighted by Gasteiger charge is 2.14. The molecule has 0 aromatic carbocycles. The van der Waals surface area contributed by atoms with Gasteiger partial charge in [0, 0.05) is 6.20 Å². The number of amides is 1.